The Labute approximate surface area is 157 Å². The van der Waals surface area contributed by atoms with E-state index in [0.29, 0.717) is 17.9 Å². The third-order valence-corrected chi connectivity index (χ3v) is 4.74. The first-order valence-corrected chi connectivity index (χ1v) is 8.80. The van der Waals surface area contributed by atoms with Gasteiger partial charge in [-0.05, 0) is 50.6 Å². The molecule has 0 bridgehead atoms. The van der Waals surface area contributed by atoms with Gasteiger partial charge in [-0.15, -0.1) is 0 Å². The molecule has 7 heteroatoms. The molecule has 0 unspecified atom stereocenters. The van der Waals surface area contributed by atoms with Crippen molar-refractivity contribution in [1.82, 2.24) is 4.57 Å². The average molecular weight is 367 g/mol. The highest BCUT2D eigenvalue weighted by Crippen LogP contribution is 2.27. The van der Waals surface area contributed by atoms with E-state index in [4.69, 9.17) is 8.83 Å². The first kappa shape index (κ1) is 18.5. The molecule has 0 aliphatic heterocycles. The molecule has 0 spiro atoms. The quantitative estimate of drug-likeness (QED) is 0.670. The van der Waals surface area contributed by atoms with Gasteiger partial charge >= 0.3 is 0 Å². The number of nitrogens with zero attached hydrogens (tertiary/aromatic N) is 2. The number of anilines is 1. The standard InChI is InChI=1S/C20H22N4O3/c1-13-15(3)24(12-16-6-4-8-26-16)20(17(13)10-21)23-19(25)11-22-14(2)18-7-5-9-27-18/h4-9,14,22H,11-12H2,1-3H3,(H,23,25)/p+1/t14-/m1/s1. The Morgan fingerprint density at radius 3 is 2.67 bits per heavy atom. The molecule has 7 nitrogen and oxygen atoms in total. The summed E-state index contributed by atoms with van der Waals surface area (Å²) in [6, 6.07) is 9.62. The van der Waals surface area contributed by atoms with Gasteiger partial charge in [0.2, 0.25) is 0 Å². The molecule has 0 aromatic carbocycles. The van der Waals surface area contributed by atoms with E-state index in [0.717, 1.165) is 22.8 Å². The summed E-state index contributed by atoms with van der Waals surface area (Å²) < 4.78 is 12.7. The highest BCUT2D eigenvalue weighted by Gasteiger charge is 2.21. The monoisotopic (exact) mass is 367 g/mol. The molecule has 1 amide bonds. The zero-order valence-electron chi connectivity index (χ0n) is 15.7. The Morgan fingerprint density at radius 2 is 2.04 bits per heavy atom. The number of amides is 1. The maximum absolute atomic E-state index is 12.5. The first-order chi connectivity index (χ1) is 13.0. The molecular formula is C20H23N4O3+. The number of rotatable bonds is 7. The van der Waals surface area contributed by atoms with Crippen molar-refractivity contribution in [3.8, 4) is 6.07 Å². The largest absolute Gasteiger partial charge is 0.467 e. The molecule has 0 radical (unpaired) electrons. The highest BCUT2D eigenvalue weighted by molar-refractivity contribution is 5.92. The maximum atomic E-state index is 12.5. The van der Waals surface area contributed by atoms with E-state index in [1.54, 1.807) is 12.5 Å². The van der Waals surface area contributed by atoms with Crippen LogP contribution in [0.2, 0.25) is 0 Å². The van der Waals surface area contributed by atoms with Crippen LogP contribution in [-0.4, -0.2) is 17.0 Å². The van der Waals surface area contributed by atoms with Crippen molar-refractivity contribution < 1.29 is 18.9 Å². The first-order valence-electron chi connectivity index (χ1n) is 8.80. The molecule has 1 atom stereocenters. The molecule has 140 valence electrons. The third kappa shape index (κ3) is 3.96. The molecule has 3 rings (SSSR count). The normalized spacial score (nSPS) is 11.9. The van der Waals surface area contributed by atoms with Crippen LogP contribution in [0.1, 0.15) is 41.3 Å². The van der Waals surface area contributed by atoms with Gasteiger partial charge in [0.05, 0.1) is 24.6 Å². The minimum absolute atomic E-state index is 0.0274. The predicted molar refractivity (Wildman–Crippen MR) is 99.0 cm³/mol. The lowest BCUT2D eigenvalue weighted by molar-refractivity contribution is -0.684. The van der Waals surface area contributed by atoms with Crippen LogP contribution in [0.5, 0.6) is 0 Å². The molecule has 0 saturated heterocycles. The minimum atomic E-state index is -0.178. The zero-order chi connectivity index (χ0) is 19.4. The number of nitriles is 1. The van der Waals surface area contributed by atoms with Crippen LogP contribution >= 0.6 is 0 Å². The molecule has 3 aromatic heterocycles. The number of quaternary nitrogens is 1. The Kier molecular flexibility index (Phi) is 5.48. The second-order valence-corrected chi connectivity index (χ2v) is 6.50. The number of aromatic nitrogens is 1. The van der Waals surface area contributed by atoms with Crippen molar-refractivity contribution in [2.45, 2.75) is 33.4 Å². The van der Waals surface area contributed by atoms with Gasteiger partial charge in [0.15, 0.2) is 12.3 Å². The van der Waals surface area contributed by atoms with E-state index < -0.39 is 0 Å². The fourth-order valence-corrected chi connectivity index (χ4v) is 3.02. The summed E-state index contributed by atoms with van der Waals surface area (Å²) in [5.41, 5.74) is 2.25. The number of hydrogen-bond donors (Lipinski definition) is 2. The molecular weight excluding hydrogens is 344 g/mol. The lowest BCUT2D eigenvalue weighted by atomic mass is 10.2. The van der Waals surface area contributed by atoms with Crippen LogP contribution in [0, 0.1) is 25.2 Å². The van der Waals surface area contributed by atoms with E-state index in [1.807, 2.05) is 54.9 Å². The Hall–Kier alpha value is -3.24. The fraction of sp³-hybridized carbons (Fsp3) is 0.300. The maximum Gasteiger partial charge on any atom is 0.280 e. The summed E-state index contributed by atoms with van der Waals surface area (Å²) in [5, 5.41) is 14.4. The van der Waals surface area contributed by atoms with Gasteiger partial charge in [0.1, 0.15) is 23.7 Å². The van der Waals surface area contributed by atoms with Crippen LogP contribution < -0.4 is 10.6 Å². The van der Waals surface area contributed by atoms with Gasteiger partial charge < -0.3 is 24.0 Å². The molecule has 0 fully saturated rings. The number of furan rings is 2. The predicted octanol–water partition coefficient (Wildman–Crippen LogP) is 2.47. The van der Waals surface area contributed by atoms with Crippen LogP contribution in [-0.2, 0) is 11.3 Å². The van der Waals surface area contributed by atoms with Gasteiger partial charge in [-0.25, -0.2) is 0 Å². The van der Waals surface area contributed by atoms with Gasteiger partial charge in [-0.3, -0.25) is 4.79 Å². The summed E-state index contributed by atoms with van der Waals surface area (Å²) in [6.45, 7) is 6.45. The van der Waals surface area contributed by atoms with Crippen molar-refractivity contribution in [3.63, 3.8) is 0 Å². The minimum Gasteiger partial charge on any atom is -0.467 e. The molecule has 0 aliphatic rings. The van der Waals surface area contributed by atoms with Crippen LogP contribution in [0.3, 0.4) is 0 Å². The molecule has 27 heavy (non-hydrogen) atoms. The molecule has 3 aromatic rings. The van der Waals surface area contributed by atoms with E-state index in [-0.39, 0.29) is 18.5 Å². The van der Waals surface area contributed by atoms with Gasteiger partial charge in [-0.1, -0.05) is 0 Å². The highest BCUT2D eigenvalue weighted by atomic mass is 16.3. The van der Waals surface area contributed by atoms with E-state index in [2.05, 4.69) is 11.4 Å². The second-order valence-electron chi connectivity index (χ2n) is 6.50. The second kappa shape index (κ2) is 7.98. The fourth-order valence-electron chi connectivity index (χ4n) is 3.02. The van der Waals surface area contributed by atoms with Crippen molar-refractivity contribution in [3.05, 3.63) is 65.1 Å². The number of nitrogens with two attached hydrogens (primary N) is 1. The Balaban J connectivity index is 1.75. The average Bonchev–Trinajstić information content (AvgIpc) is 3.40. The van der Waals surface area contributed by atoms with Crippen molar-refractivity contribution in [2.75, 3.05) is 11.9 Å². The summed E-state index contributed by atoms with van der Waals surface area (Å²) in [5.74, 6) is 1.90. The van der Waals surface area contributed by atoms with Crippen molar-refractivity contribution in [1.29, 1.82) is 5.26 Å². The number of carbonyl (C=O) groups excluding carboxylic acids is 1. The third-order valence-electron chi connectivity index (χ3n) is 4.74. The lowest BCUT2D eigenvalue weighted by Crippen LogP contribution is -2.86. The molecule has 0 saturated carbocycles. The molecule has 0 aliphatic carbocycles. The number of hydrogen-bond acceptors (Lipinski definition) is 4. The SMILES string of the molecule is Cc1c(C#N)c(NC(=O)C[NH2+][C@H](C)c2ccco2)n(Cc2ccco2)c1C. The summed E-state index contributed by atoms with van der Waals surface area (Å²) in [4.78, 5) is 12.5. The van der Waals surface area contributed by atoms with E-state index >= 15 is 0 Å². The van der Waals surface area contributed by atoms with Crippen LogP contribution in [0.15, 0.2) is 45.6 Å². The Bertz CT molecular complexity index is 947. The van der Waals surface area contributed by atoms with Crippen LogP contribution in [0.25, 0.3) is 0 Å². The van der Waals surface area contributed by atoms with Crippen molar-refractivity contribution in [2.24, 2.45) is 0 Å². The van der Waals surface area contributed by atoms with Crippen LogP contribution in [0.4, 0.5) is 5.82 Å². The summed E-state index contributed by atoms with van der Waals surface area (Å²) >= 11 is 0. The zero-order valence-corrected chi connectivity index (χ0v) is 15.7. The molecule has 3 heterocycles. The lowest BCUT2D eigenvalue weighted by Gasteiger charge is -2.12. The number of carbonyl (C=O) groups is 1. The van der Waals surface area contributed by atoms with Crippen molar-refractivity contribution >= 4 is 11.7 Å². The van der Waals surface area contributed by atoms with Gasteiger partial charge in [0, 0.05) is 5.69 Å². The summed E-state index contributed by atoms with van der Waals surface area (Å²) in [6.07, 6.45) is 3.22. The van der Waals surface area contributed by atoms with E-state index in [1.165, 1.54) is 0 Å². The summed E-state index contributed by atoms with van der Waals surface area (Å²) in [7, 11) is 0. The van der Waals surface area contributed by atoms with E-state index in [9.17, 15) is 10.1 Å². The number of nitrogens with one attached hydrogen (secondary N) is 1. The van der Waals surface area contributed by atoms with Gasteiger partial charge in [-0.2, -0.15) is 5.26 Å². The molecule has 3 N–H and O–H groups in total. The Morgan fingerprint density at radius 1 is 1.30 bits per heavy atom. The topological polar surface area (TPSA) is 101 Å². The smallest absolute Gasteiger partial charge is 0.280 e. The van der Waals surface area contributed by atoms with Gasteiger partial charge in [0.25, 0.3) is 5.91 Å².